The molecule has 7 nitrogen and oxygen atoms in total. The van der Waals surface area contributed by atoms with Crippen molar-refractivity contribution in [1.29, 1.82) is 0 Å². The number of rotatable bonds is 13. The molecule has 1 aromatic rings. The number of amides is 2. The molecule has 4 N–H and O–H groups in total. The van der Waals surface area contributed by atoms with E-state index in [-0.39, 0.29) is 17.9 Å². The van der Waals surface area contributed by atoms with Crippen molar-refractivity contribution in [3.05, 3.63) is 41.2 Å². The van der Waals surface area contributed by atoms with Crippen LogP contribution in [0.15, 0.2) is 35.7 Å². The number of hydrogen-bond acceptors (Lipinski definition) is 4. The van der Waals surface area contributed by atoms with E-state index in [4.69, 9.17) is 0 Å². The molecule has 2 atom stereocenters. The molecule has 0 spiro atoms. The lowest BCUT2D eigenvalue weighted by Gasteiger charge is -2.16. The predicted octanol–water partition coefficient (Wildman–Crippen LogP) is 4.25. The third-order valence-corrected chi connectivity index (χ3v) is 7.71. The highest BCUT2D eigenvalue weighted by Gasteiger charge is 2.30. The largest absolute Gasteiger partial charge is 0.387 e. The Hall–Kier alpha value is -2.11. The molecule has 31 heavy (non-hydrogen) atoms. The number of nitrogens with one attached hydrogen (secondary N) is 3. The van der Waals surface area contributed by atoms with E-state index >= 15 is 0 Å². The molecule has 0 bridgehead atoms. The summed E-state index contributed by atoms with van der Waals surface area (Å²) in [5.74, 6) is -0.125. The van der Waals surface area contributed by atoms with Crippen LogP contribution in [-0.4, -0.2) is 42.5 Å². The Morgan fingerprint density at radius 3 is 2.68 bits per heavy atom. The first-order chi connectivity index (χ1) is 14.9. The smallest absolute Gasteiger partial charge is 0.253 e. The topological polar surface area (TPSA) is 108 Å². The summed E-state index contributed by atoms with van der Waals surface area (Å²) in [4.78, 5) is 34.6. The molecular weight excluding hydrogens is 413 g/mol. The third kappa shape index (κ3) is 8.15. The van der Waals surface area contributed by atoms with Crippen LogP contribution in [0.3, 0.4) is 0 Å². The van der Waals surface area contributed by atoms with Crippen LogP contribution in [0.4, 0.5) is 5.69 Å². The standard InChI is InChI=1S/C23H36N3O4P/c1-3-4-16-31(29,30)19-14-13-18(17-19)26-22(27)12-6-5-9-15-25-23(28)20-10-7-8-11-21(20)24-2/h7-8,10-11,14,18,24H,3-6,9,12-13,15-17H2,1-2H3,(H,25,28)(H,26,27)(H,29,30)/t18-/m0/s1. The number of hydrogen-bond donors (Lipinski definition) is 4. The van der Waals surface area contributed by atoms with Crippen molar-refractivity contribution in [3.63, 3.8) is 0 Å². The molecule has 1 unspecified atom stereocenters. The number of carbonyl (C=O) groups is 2. The SMILES string of the molecule is CCCCP(=O)(O)C1=CC[C@H](NC(=O)CCCCCNC(=O)c2ccccc2NC)C1. The van der Waals surface area contributed by atoms with Crippen molar-refractivity contribution in [1.82, 2.24) is 10.6 Å². The fraction of sp³-hybridized carbons (Fsp3) is 0.565. The summed E-state index contributed by atoms with van der Waals surface area (Å²) in [7, 11) is -1.45. The maximum absolute atomic E-state index is 12.4. The number of anilines is 1. The molecule has 0 fully saturated rings. The molecule has 1 aliphatic carbocycles. The van der Waals surface area contributed by atoms with Gasteiger partial charge >= 0.3 is 0 Å². The molecule has 8 heteroatoms. The van der Waals surface area contributed by atoms with Gasteiger partial charge in [0.05, 0.1) is 5.56 Å². The van der Waals surface area contributed by atoms with Gasteiger partial charge < -0.3 is 20.8 Å². The minimum atomic E-state index is -3.24. The Labute approximate surface area is 185 Å². The van der Waals surface area contributed by atoms with Crippen molar-refractivity contribution in [2.24, 2.45) is 0 Å². The monoisotopic (exact) mass is 449 g/mol. The summed E-state index contributed by atoms with van der Waals surface area (Å²) in [6.07, 6.45) is 7.71. The summed E-state index contributed by atoms with van der Waals surface area (Å²) in [5.41, 5.74) is 1.42. The van der Waals surface area contributed by atoms with Crippen molar-refractivity contribution < 1.29 is 19.0 Å². The molecule has 2 rings (SSSR count). The van der Waals surface area contributed by atoms with Gasteiger partial charge in [-0.25, -0.2) is 0 Å². The van der Waals surface area contributed by atoms with Crippen LogP contribution < -0.4 is 16.0 Å². The highest BCUT2D eigenvalue weighted by molar-refractivity contribution is 7.62. The fourth-order valence-corrected chi connectivity index (χ4v) is 5.62. The van der Waals surface area contributed by atoms with Gasteiger partial charge in [-0.05, 0) is 44.2 Å². The summed E-state index contributed by atoms with van der Waals surface area (Å²) < 4.78 is 12.4. The second-order valence-electron chi connectivity index (χ2n) is 8.04. The summed E-state index contributed by atoms with van der Waals surface area (Å²) in [6.45, 7) is 2.57. The predicted molar refractivity (Wildman–Crippen MR) is 126 cm³/mol. The lowest BCUT2D eigenvalue weighted by molar-refractivity contribution is -0.121. The van der Waals surface area contributed by atoms with E-state index in [9.17, 15) is 19.0 Å². The molecule has 0 aliphatic heterocycles. The molecule has 0 saturated heterocycles. The minimum absolute atomic E-state index is 0.0204. The van der Waals surface area contributed by atoms with E-state index < -0.39 is 7.37 Å². The van der Waals surface area contributed by atoms with Crippen molar-refractivity contribution >= 4 is 24.9 Å². The first kappa shape index (κ1) is 25.2. The number of unbranched alkanes of at least 4 members (excludes halogenated alkanes) is 3. The highest BCUT2D eigenvalue weighted by atomic mass is 31.2. The maximum atomic E-state index is 12.4. The normalized spacial score (nSPS) is 17.5. The average Bonchev–Trinajstić information content (AvgIpc) is 3.23. The summed E-state index contributed by atoms with van der Waals surface area (Å²) in [6, 6.07) is 7.29. The van der Waals surface area contributed by atoms with E-state index in [1.807, 2.05) is 31.2 Å². The van der Waals surface area contributed by atoms with Crippen molar-refractivity contribution in [3.8, 4) is 0 Å². The first-order valence-electron chi connectivity index (χ1n) is 11.2. The summed E-state index contributed by atoms with van der Waals surface area (Å²) in [5, 5.41) is 9.52. The van der Waals surface area contributed by atoms with Crippen molar-refractivity contribution in [2.45, 2.75) is 64.3 Å². The van der Waals surface area contributed by atoms with Gasteiger partial charge in [-0.2, -0.15) is 0 Å². The van der Waals surface area contributed by atoms with Crippen LogP contribution in [0.1, 0.15) is 68.6 Å². The Kier molecular flexibility index (Phi) is 10.3. The van der Waals surface area contributed by atoms with Crippen LogP contribution >= 0.6 is 7.37 Å². The van der Waals surface area contributed by atoms with Gasteiger partial charge in [-0.15, -0.1) is 0 Å². The quantitative estimate of drug-likeness (QED) is 0.266. The number of carbonyl (C=O) groups excluding carboxylic acids is 2. The Balaban J connectivity index is 1.59. The number of para-hydroxylation sites is 1. The van der Waals surface area contributed by atoms with E-state index in [1.54, 1.807) is 13.1 Å². The van der Waals surface area contributed by atoms with Gasteiger partial charge in [0.2, 0.25) is 13.3 Å². The molecule has 0 saturated carbocycles. The van der Waals surface area contributed by atoms with Crippen LogP contribution in [0.5, 0.6) is 0 Å². The zero-order valence-corrected chi connectivity index (χ0v) is 19.5. The molecular formula is C23H36N3O4P. The number of benzene rings is 1. The van der Waals surface area contributed by atoms with Crippen LogP contribution in [-0.2, 0) is 9.36 Å². The molecule has 172 valence electrons. The Morgan fingerprint density at radius 1 is 1.16 bits per heavy atom. The van der Waals surface area contributed by atoms with E-state index in [1.165, 1.54) is 0 Å². The Morgan fingerprint density at radius 2 is 1.94 bits per heavy atom. The zero-order valence-electron chi connectivity index (χ0n) is 18.7. The van der Waals surface area contributed by atoms with Gasteiger partial charge in [0.25, 0.3) is 5.91 Å². The molecule has 2 amide bonds. The second-order valence-corrected chi connectivity index (χ2v) is 10.5. The van der Waals surface area contributed by atoms with Gasteiger partial charge in [0.15, 0.2) is 0 Å². The molecule has 1 aliphatic rings. The maximum Gasteiger partial charge on any atom is 0.253 e. The lowest BCUT2D eigenvalue weighted by atomic mass is 10.1. The molecule has 0 aromatic heterocycles. The average molecular weight is 450 g/mol. The molecule has 0 radical (unpaired) electrons. The third-order valence-electron chi connectivity index (χ3n) is 5.53. The summed E-state index contributed by atoms with van der Waals surface area (Å²) >= 11 is 0. The van der Waals surface area contributed by atoms with Gasteiger partial charge in [0.1, 0.15) is 0 Å². The van der Waals surface area contributed by atoms with E-state index in [0.29, 0.717) is 42.8 Å². The fourth-order valence-electron chi connectivity index (χ4n) is 3.69. The highest BCUT2D eigenvalue weighted by Crippen LogP contribution is 2.54. The first-order valence-corrected chi connectivity index (χ1v) is 13.1. The molecule has 1 aromatic carbocycles. The zero-order chi connectivity index (χ0) is 22.7. The van der Waals surface area contributed by atoms with Crippen LogP contribution in [0, 0.1) is 0 Å². The van der Waals surface area contributed by atoms with Gasteiger partial charge in [-0.1, -0.05) is 38.0 Å². The van der Waals surface area contributed by atoms with E-state index in [0.717, 1.165) is 37.8 Å². The van der Waals surface area contributed by atoms with Crippen molar-refractivity contribution in [2.75, 3.05) is 25.1 Å². The second kappa shape index (κ2) is 12.7. The van der Waals surface area contributed by atoms with Crippen LogP contribution in [0.25, 0.3) is 0 Å². The molecule has 0 heterocycles. The van der Waals surface area contributed by atoms with Gasteiger partial charge in [0, 0.05) is 43.2 Å². The Bertz CT molecular complexity index is 825. The lowest BCUT2D eigenvalue weighted by Crippen LogP contribution is -2.33. The minimum Gasteiger partial charge on any atom is -0.387 e. The van der Waals surface area contributed by atoms with E-state index in [2.05, 4.69) is 16.0 Å². The van der Waals surface area contributed by atoms with Gasteiger partial charge in [-0.3, -0.25) is 14.2 Å². The van der Waals surface area contributed by atoms with Crippen LogP contribution in [0.2, 0.25) is 0 Å².